The third kappa shape index (κ3) is 3.27. The monoisotopic (exact) mass is 328 g/mol. The molecular weight excluding hydrogens is 308 g/mol. The quantitative estimate of drug-likeness (QED) is 0.672. The molecule has 1 unspecified atom stereocenters. The van der Waals surface area contributed by atoms with Crippen molar-refractivity contribution in [2.24, 2.45) is 0 Å². The molecule has 0 aliphatic carbocycles. The van der Waals surface area contributed by atoms with Crippen molar-refractivity contribution in [2.45, 2.75) is 19.4 Å². The summed E-state index contributed by atoms with van der Waals surface area (Å²) in [4.78, 5) is 25.5. The summed E-state index contributed by atoms with van der Waals surface area (Å²) in [5.74, 6) is -0.853. The predicted molar refractivity (Wildman–Crippen MR) is 88.6 cm³/mol. The van der Waals surface area contributed by atoms with Gasteiger partial charge >= 0.3 is 11.9 Å². The van der Waals surface area contributed by atoms with Crippen molar-refractivity contribution >= 4 is 17.6 Å². The maximum Gasteiger partial charge on any atom is 0.396 e. The van der Waals surface area contributed by atoms with Gasteiger partial charge < -0.3 is 19.4 Å². The van der Waals surface area contributed by atoms with Crippen LogP contribution in [0.3, 0.4) is 0 Å². The van der Waals surface area contributed by atoms with E-state index in [1.54, 1.807) is 13.2 Å². The molecule has 2 aromatic rings. The lowest BCUT2D eigenvalue weighted by Gasteiger charge is -2.29. The summed E-state index contributed by atoms with van der Waals surface area (Å²) in [5, 5.41) is 2.65. The summed E-state index contributed by atoms with van der Waals surface area (Å²) in [5.41, 5.74) is 2.40. The fraction of sp³-hybridized carbons (Fsp3) is 0.333. The zero-order valence-electron chi connectivity index (χ0n) is 13.5. The number of fused-ring (bicyclic) bond motifs is 1. The molecule has 1 aliphatic rings. The van der Waals surface area contributed by atoms with Gasteiger partial charge in [0, 0.05) is 18.8 Å². The molecule has 6 nitrogen and oxygen atoms in total. The number of esters is 1. The first-order valence-corrected chi connectivity index (χ1v) is 8.03. The maximum atomic E-state index is 11.8. The van der Waals surface area contributed by atoms with Gasteiger partial charge in [-0.3, -0.25) is 4.79 Å². The van der Waals surface area contributed by atoms with Gasteiger partial charge in [0.05, 0.1) is 12.9 Å². The van der Waals surface area contributed by atoms with Crippen molar-refractivity contribution in [1.82, 2.24) is 5.32 Å². The highest BCUT2D eigenvalue weighted by molar-refractivity contribution is 6.32. The maximum absolute atomic E-state index is 11.8. The van der Waals surface area contributed by atoms with E-state index in [2.05, 4.69) is 22.3 Å². The number of ether oxygens (including phenoxy) is 1. The minimum atomic E-state index is -0.863. The van der Waals surface area contributed by atoms with E-state index in [0.29, 0.717) is 0 Å². The van der Waals surface area contributed by atoms with E-state index in [4.69, 9.17) is 9.15 Å². The molecule has 1 N–H and O–H groups in total. The Morgan fingerprint density at radius 2 is 2.12 bits per heavy atom. The molecule has 1 aromatic carbocycles. The number of para-hydroxylation sites is 1. The lowest BCUT2D eigenvalue weighted by molar-refractivity contribution is -0.154. The Labute approximate surface area is 140 Å². The van der Waals surface area contributed by atoms with Gasteiger partial charge in [-0.15, -0.1) is 0 Å². The average Bonchev–Trinajstić information content (AvgIpc) is 3.25. The molecule has 0 bridgehead atoms. The number of hydrogen-bond donors (Lipinski definition) is 1. The molecule has 1 aliphatic heterocycles. The highest BCUT2D eigenvalue weighted by Crippen LogP contribution is 2.34. The van der Waals surface area contributed by atoms with Crippen molar-refractivity contribution in [3.63, 3.8) is 0 Å². The number of furan rings is 1. The number of benzene rings is 1. The lowest BCUT2D eigenvalue weighted by atomic mass is 10.1. The SMILES string of the molecule is CCOC(=O)C(=O)NCC(c1ccco1)N1CCc2ccccc21. The average molecular weight is 328 g/mol. The molecular formula is C18H20N2O4. The highest BCUT2D eigenvalue weighted by atomic mass is 16.5. The summed E-state index contributed by atoms with van der Waals surface area (Å²) >= 11 is 0. The molecule has 0 fully saturated rings. The molecule has 0 saturated carbocycles. The van der Waals surface area contributed by atoms with Crippen molar-refractivity contribution in [2.75, 3.05) is 24.6 Å². The summed E-state index contributed by atoms with van der Waals surface area (Å²) in [6, 6.07) is 11.7. The molecule has 0 radical (unpaired) electrons. The Balaban J connectivity index is 1.77. The van der Waals surface area contributed by atoms with E-state index in [1.165, 1.54) is 5.56 Å². The van der Waals surface area contributed by atoms with Crippen LogP contribution in [0.25, 0.3) is 0 Å². The van der Waals surface area contributed by atoms with Crippen LogP contribution in [-0.2, 0) is 20.7 Å². The van der Waals surface area contributed by atoms with Crippen LogP contribution in [0.5, 0.6) is 0 Å². The number of carbonyl (C=O) groups excluding carboxylic acids is 2. The van der Waals surface area contributed by atoms with Gasteiger partial charge in [0.2, 0.25) is 0 Å². The standard InChI is InChI=1S/C18H20N2O4/c1-2-23-18(22)17(21)19-12-15(16-8-5-11-24-16)20-10-9-13-6-3-4-7-14(13)20/h3-8,11,15H,2,9-10,12H2,1H3,(H,19,21). The van der Waals surface area contributed by atoms with Gasteiger partial charge in [0.25, 0.3) is 0 Å². The van der Waals surface area contributed by atoms with E-state index in [-0.39, 0.29) is 19.2 Å². The molecule has 24 heavy (non-hydrogen) atoms. The van der Waals surface area contributed by atoms with Crippen molar-refractivity contribution in [1.29, 1.82) is 0 Å². The van der Waals surface area contributed by atoms with E-state index in [0.717, 1.165) is 24.4 Å². The fourth-order valence-electron chi connectivity index (χ4n) is 2.99. The Morgan fingerprint density at radius 3 is 2.88 bits per heavy atom. The van der Waals surface area contributed by atoms with Gasteiger partial charge in [-0.2, -0.15) is 0 Å². The number of carbonyl (C=O) groups is 2. The zero-order valence-corrected chi connectivity index (χ0v) is 13.5. The second-order valence-electron chi connectivity index (χ2n) is 5.53. The van der Waals surface area contributed by atoms with Gasteiger partial charge in [-0.25, -0.2) is 4.79 Å². The van der Waals surface area contributed by atoms with Gasteiger partial charge in [-0.1, -0.05) is 18.2 Å². The van der Waals surface area contributed by atoms with E-state index >= 15 is 0 Å². The summed E-state index contributed by atoms with van der Waals surface area (Å²) in [7, 11) is 0. The molecule has 6 heteroatoms. The first-order chi connectivity index (χ1) is 11.7. The molecule has 0 spiro atoms. The Kier molecular flexibility index (Phi) is 4.84. The fourth-order valence-corrected chi connectivity index (χ4v) is 2.99. The Morgan fingerprint density at radius 1 is 1.29 bits per heavy atom. The smallest absolute Gasteiger partial charge is 0.396 e. The summed E-state index contributed by atoms with van der Waals surface area (Å²) < 4.78 is 10.3. The van der Waals surface area contributed by atoms with E-state index in [9.17, 15) is 9.59 Å². The third-order valence-electron chi connectivity index (χ3n) is 4.09. The molecule has 3 rings (SSSR count). The van der Waals surface area contributed by atoms with Crippen LogP contribution < -0.4 is 10.2 Å². The Hall–Kier alpha value is -2.76. The summed E-state index contributed by atoms with van der Waals surface area (Å²) in [6.07, 6.45) is 2.55. The highest BCUT2D eigenvalue weighted by Gasteiger charge is 2.29. The topological polar surface area (TPSA) is 71.8 Å². The molecule has 1 aromatic heterocycles. The van der Waals surface area contributed by atoms with E-state index < -0.39 is 11.9 Å². The van der Waals surface area contributed by atoms with Gasteiger partial charge in [-0.05, 0) is 37.1 Å². The second-order valence-corrected chi connectivity index (χ2v) is 5.53. The zero-order chi connectivity index (χ0) is 16.9. The number of amides is 1. The van der Waals surface area contributed by atoms with Crippen molar-refractivity contribution < 1.29 is 18.7 Å². The number of hydrogen-bond acceptors (Lipinski definition) is 5. The van der Waals surface area contributed by atoms with Gasteiger partial charge in [0.15, 0.2) is 0 Å². The lowest BCUT2D eigenvalue weighted by Crippen LogP contribution is -2.40. The van der Waals surface area contributed by atoms with Crippen LogP contribution in [0, 0.1) is 0 Å². The van der Waals surface area contributed by atoms with Crippen LogP contribution in [0.2, 0.25) is 0 Å². The van der Waals surface area contributed by atoms with Crippen molar-refractivity contribution in [3.05, 3.63) is 54.0 Å². The van der Waals surface area contributed by atoms with Crippen LogP contribution >= 0.6 is 0 Å². The minimum Gasteiger partial charge on any atom is -0.467 e. The minimum absolute atomic E-state index is 0.174. The van der Waals surface area contributed by atoms with Gasteiger partial charge in [0.1, 0.15) is 11.8 Å². The van der Waals surface area contributed by atoms with Crippen LogP contribution in [0.4, 0.5) is 5.69 Å². The number of nitrogens with one attached hydrogen (secondary N) is 1. The first kappa shape index (κ1) is 16.1. The second kappa shape index (κ2) is 7.21. The van der Waals surface area contributed by atoms with Crippen molar-refractivity contribution in [3.8, 4) is 0 Å². The number of nitrogens with zero attached hydrogens (tertiary/aromatic N) is 1. The van der Waals surface area contributed by atoms with Crippen LogP contribution in [0.15, 0.2) is 47.1 Å². The molecule has 126 valence electrons. The largest absolute Gasteiger partial charge is 0.467 e. The summed E-state index contributed by atoms with van der Waals surface area (Å²) in [6.45, 7) is 2.94. The molecule has 0 saturated heterocycles. The first-order valence-electron chi connectivity index (χ1n) is 8.03. The predicted octanol–water partition coefficient (Wildman–Crippen LogP) is 2.06. The number of anilines is 1. The molecule has 2 heterocycles. The Bertz CT molecular complexity index is 712. The molecule has 1 atom stereocenters. The van der Waals surface area contributed by atoms with Crippen LogP contribution in [0.1, 0.15) is 24.3 Å². The molecule has 1 amide bonds. The normalized spacial score (nSPS) is 14.1. The third-order valence-corrected chi connectivity index (χ3v) is 4.09. The van der Waals surface area contributed by atoms with Crippen LogP contribution in [-0.4, -0.2) is 31.6 Å². The van der Waals surface area contributed by atoms with E-state index in [1.807, 2.05) is 24.3 Å². The number of rotatable bonds is 5.